The number of carbonyl (C=O) groups excluding carboxylic acids is 1. The van der Waals surface area contributed by atoms with Crippen molar-refractivity contribution >= 4 is 12.0 Å². The lowest BCUT2D eigenvalue weighted by Gasteiger charge is -2.41. The standard InChI is InChI=1S/C16H28N2O3/c1-2-3-8-14(15(19)20)17-16(21)18-10-9-12-6-4-5-7-13(12)11-18/h12-14H,2-11H2,1H3,(H,17,21)(H,19,20). The van der Waals surface area contributed by atoms with Crippen LogP contribution in [-0.2, 0) is 4.79 Å². The van der Waals surface area contributed by atoms with Crippen molar-refractivity contribution in [1.82, 2.24) is 10.2 Å². The highest BCUT2D eigenvalue weighted by Crippen LogP contribution is 2.35. The molecule has 2 N–H and O–H groups in total. The van der Waals surface area contributed by atoms with Gasteiger partial charge in [0.2, 0.25) is 0 Å². The summed E-state index contributed by atoms with van der Waals surface area (Å²) in [6, 6.07) is -0.941. The minimum atomic E-state index is -0.927. The van der Waals surface area contributed by atoms with E-state index in [1.807, 2.05) is 11.8 Å². The van der Waals surface area contributed by atoms with Crippen LogP contribution < -0.4 is 5.32 Å². The largest absolute Gasteiger partial charge is 0.480 e. The van der Waals surface area contributed by atoms with E-state index in [9.17, 15) is 14.7 Å². The van der Waals surface area contributed by atoms with E-state index in [-0.39, 0.29) is 6.03 Å². The van der Waals surface area contributed by atoms with Crippen LogP contribution in [0.2, 0.25) is 0 Å². The number of urea groups is 1. The van der Waals surface area contributed by atoms with E-state index >= 15 is 0 Å². The lowest BCUT2D eigenvalue weighted by atomic mass is 9.75. The number of carboxylic acids is 1. The van der Waals surface area contributed by atoms with Gasteiger partial charge in [-0.15, -0.1) is 0 Å². The highest BCUT2D eigenvalue weighted by molar-refractivity contribution is 5.82. The van der Waals surface area contributed by atoms with Crippen molar-refractivity contribution in [2.75, 3.05) is 13.1 Å². The Morgan fingerprint density at radius 1 is 1.24 bits per heavy atom. The Morgan fingerprint density at radius 2 is 1.95 bits per heavy atom. The fourth-order valence-electron chi connectivity index (χ4n) is 3.69. The molecule has 21 heavy (non-hydrogen) atoms. The van der Waals surface area contributed by atoms with Crippen molar-refractivity contribution in [3.05, 3.63) is 0 Å². The normalized spacial score (nSPS) is 26.8. The third-order valence-corrected chi connectivity index (χ3v) is 5.02. The maximum atomic E-state index is 12.3. The molecule has 2 amide bonds. The first kappa shape index (κ1) is 16.1. The zero-order chi connectivity index (χ0) is 15.2. The Kier molecular flexibility index (Phi) is 5.88. The van der Waals surface area contributed by atoms with Gasteiger partial charge in [-0.25, -0.2) is 9.59 Å². The predicted octanol–water partition coefficient (Wildman–Crippen LogP) is 2.85. The number of carboxylic acid groups (broad SMARTS) is 1. The number of hydrogen-bond acceptors (Lipinski definition) is 2. The van der Waals surface area contributed by atoms with E-state index < -0.39 is 12.0 Å². The lowest BCUT2D eigenvalue weighted by molar-refractivity contribution is -0.139. The Hall–Kier alpha value is -1.26. The van der Waals surface area contributed by atoms with Crippen LogP contribution in [0.15, 0.2) is 0 Å². The average molecular weight is 296 g/mol. The van der Waals surface area contributed by atoms with E-state index in [2.05, 4.69) is 5.32 Å². The monoisotopic (exact) mass is 296 g/mol. The molecule has 1 heterocycles. The minimum Gasteiger partial charge on any atom is -0.480 e. The Labute approximate surface area is 127 Å². The molecule has 0 radical (unpaired) electrons. The van der Waals surface area contributed by atoms with Gasteiger partial charge in [0.05, 0.1) is 0 Å². The number of hydrogen-bond donors (Lipinski definition) is 2. The van der Waals surface area contributed by atoms with Crippen LogP contribution in [0, 0.1) is 11.8 Å². The van der Waals surface area contributed by atoms with Gasteiger partial charge in [0, 0.05) is 13.1 Å². The number of nitrogens with zero attached hydrogens (tertiary/aromatic N) is 1. The van der Waals surface area contributed by atoms with E-state index in [1.165, 1.54) is 25.7 Å². The Bertz CT molecular complexity index is 373. The average Bonchev–Trinajstić information content (AvgIpc) is 2.50. The SMILES string of the molecule is CCCCC(NC(=O)N1CCC2CCCCC2C1)C(=O)O. The minimum absolute atomic E-state index is 0.192. The Morgan fingerprint density at radius 3 is 2.62 bits per heavy atom. The summed E-state index contributed by atoms with van der Waals surface area (Å²) in [4.78, 5) is 25.3. The van der Waals surface area contributed by atoms with Gasteiger partial charge in [-0.1, -0.05) is 39.0 Å². The number of unbranched alkanes of at least 4 members (excludes halogenated alkanes) is 1. The molecule has 3 atom stereocenters. The molecule has 0 spiro atoms. The molecule has 120 valence electrons. The van der Waals surface area contributed by atoms with Gasteiger partial charge in [0.15, 0.2) is 0 Å². The van der Waals surface area contributed by atoms with Crippen molar-refractivity contribution in [1.29, 1.82) is 0 Å². The molecule has 5 nitrogen and oxygen atoms in total. The first-order valence-corrected chi connectivity index (χ1v) is 8.40. The predicted molar refractivity (Wildman–Crippen MR) is 81.1 cm³/mol. The summed E-state index contributed by atoms with van der Waals surface area (Å²) >= 11 is 0. The fourth-order valence-corrected chi connectivity index (χ4v) is 3.69. The van der Waals surface area contributed by atoms with E-state index in [0.29, 0.717) is 12.3 Å². The third kappa shape index (κ3) is 4.35. The Balaban J connectivity index is 1.85. The van der Waals surface area contributed by atoms with Crippen LogP contribution >= 0.6 is 0 Å². The van der Waals surface area contributed by atoms with E-state index in [4.69, 9.17) is 0 Å². The summed E-state index contributed by atoms with van der Waals surface area (Å²) in [5.41, 5.74) is 0. The van der Waals surface area contributed by atoms with Gasteiger partial charge < -0.3 is 15.3 Å². The summed E-state index contributed by atoms with van der Waals surface area (Å²) in [6.07, 6.45) is 8.45. The maximum absolute atomic E-state index is 12.3. The number of fused-ring (bicyclic) bond motifs is 1. The van der Waals surface area contributed by atoms with Crippen LogP contribution in [0.3, 0.4) is 0 Å². The zero-order valence-electron chi connectivity index (χ0n) is 13.0. The first-order chi connectivity index (χ1) is 10.1. The molecule has 1 saturated carbocycles. The molecule has 3 unspecified atom stereocenters. The smallest absolute Gasteiger partial charge is 0.326 e. The highest BCUT2D eigenvalue weighted by Gasteiger charge is 2.33. The molecular formula is C16H28N2O3. The van der Waals surface area contributed by atoms with Crippen LogP contribution in [0.4, 0.5) is 4.79 Å². The van der Waals surface area contributed by atoms with Gasteiger partial charge in [0.25, 0.3) is 0 Å². The second kappa shape index (κ2) is 7.66. The number of aliphatic carboxylic acids is 1. The summed E-state index contributed by atoms with van der Waals surface area (Å²) in [5.74, 6) is 0.472. The van der Waals surface area contributed by atoms with Crippen molar-refractivity contribution in [3.63, 3.8) is 0 Å². The van der Waals surface area contributed by atoms with Crippen molar-refractivity contribution in [3.8, 4) is 0 Å². The number of likely N-dealkylation sites (tertiary alicyclic amines) is 1. The molecule has 1 aliphatic carbocycles. The molecule has 1 aliphatic heterocycles. The van der Waals surface area contributed by atoms with E-state index in [1.54, 1.807) is 0 Å². The van der Waals surface area contributed by atoms with Gasteiger partial charge in [0.1, 0.15) is 6.04 Å². The number of nitrogens with one attached hydrogen (secondary N) is 1. The summed E-state index contributed by atoms with van der Waals surface area (Å²) in [5, 5.41) is 11.9. The number of rotatable bonds is 5. The van der Waals surface area contributed by atoms with Crippen LogP contribution in [0.25, 0.3) is 0 Å². The topological polar surface area (TPSA) is 69.6 Å². The molecule has 0 aromatic heterocycles. The van der Waals surface area contributed by atoms with Crippen molar-refractivity contribution in [2.24, 2.45) is 11.8 Å². The lowest BCUT2D eigenvalue weighted by Crippen LogP contribution is -2.52. The summed E-state index contributed by atoms with van der Waals surface area (Å²) in [6.45, 7) is 3.60. The molecule has 2 rings (SSSR count). The highest BCUT2D eigenvalue weighted by atomic mass is 16.4. The molecule has 2 aliphatic rings. The molecule has 0 aromatic carbocycles. The molecule has 2 fully saturated rings. The molecule has 0 aromatic rings. The van der Waals surface area contributed by atoms with Crippen LogP contribution in [0.5, 0.6) is 0 Å². The van der Waals surface area contributed by atoms with Gasteiger partial charge in [-0.3, -0.25) is 0 Å². The number of carbonyl (C=O) groups is 2. The summed E-state index contributed by atoms with van der Waals surface area (Å²) < 4.78 is 0. The fraction of sp³-hybridized carbons (Fsp3) is 0.875. The second-order valence-electron chi connectivity index (χ2n) is 6.52. The number of amides is 2. The molecule has 1 saturated heterocycles. The van der Waals surface area contributed by atoms with Crippen LogP contribution in [0.1, 0.15) is 58.3 Å². The zero-order valence-corrected chi connectivity index (χ0v) is 13.0. The summed E-state index contributed by atoms with van der Waals surface area (Å²) in [7, 11) is 0. The van der Waals surface area contributed by atoms with Gasteiger partial charge >= 0.3 is 12.0 Å². The van der Waals surface area contributed by atoms with Crippen LogP contribution in [-0.4, -0.2) is 41.1 Å². The quantitative estimate of drug-likeness (QED) is 0.819. The van der Waals surface area contributed by atoms with E-state index in [0.717, 1.165) is 38.3 Å². The third-order valence-electron chi connectivity index (χ3n) is 5.02. The first-order valence-electron chi connectivity index (χ1n) is 8.40. The number of piperidine rings is 1. The van der Waals surface area contributed by atoms with Gasteiger partial charge in [-0.05, 0) is 31.1 Å². The van der Waals surface area contributed by atoms with Gasteiger partial charge in [-0.2, -0.15) is 0 Å². The molecule has 5 heteroatoms. The van der Waals surface area contributed by atoms with Crippen molar-refractivity contribution < 1.29 is 14.7 Å². The molecule has 0 bridgehead atoms. The molecular weight excluding hydrogens is 268 g/mol. The second-order valence-corrected chi connectivity index (χ2v) is 6.52. The van der Waals surface area contributed by atoms with Crippen molar-refractivity contribution in [2.45, 2.75) is 64.3 Å². The maximum Gasteiger partial charge on any atom is 0.326 e.